The molecule has 0 fully saturated rings. The summed E-state index contributed by atoms with van der Waals surface area (Å²) in [5.41, 5.74) is 8.03. The van der Waals surface area contributed by atoms with Crippen LogP contribution in [0.3, 0.4) is 0 Å². The van der Waals surface area contributed by atoms with Gasteiger partial charge < -0.3 is 5.73 Å². The number of anilines is 1. The van der Waals surface area contributed by atoms with Crippen molar-refractivity contribution in [3.05, 3.63) is 23.5 Å². The molecule has 0 saturated heterocycles. The molecule has 0 aromatic carbocycles. The van der Waals surface area contributed by atoms with Gasteiger partial charge in [0.25, 0.3) is 0 Å². The van der Waals surface area contributed by atoms with E-state index in [4.69, 9.17) is 12.2 Å². The molecule has 0 saturated carbocycles. The van der Waals surface area contributed by atoms with E-state index in [0.717, 1.165) is 11.3 Å². The van der Waals surface area contributed by atoms with E-state index in [0.29, 0.717) is 11.6 Å². The summed E-state index contributed by atoms with van der Waals surface area (Å²) >= 11 is 0. The van der Waals surface area contributed by atoms with E-state index in [-0.39, 0.29) is 0 Å². The molecule has 1 heterocycles. The SMILES string of the molecule is C#Cc1ccnc(C(C)C)c1N. The number of rotatable bonds is 1. The highest BCUT2D eigenvalue weighted by atomic mass is 14.7. The zero-order valence-corrected chi connectivity index (χ0v) is 7.33. The molecule has 0 radical (unpaired) electrons. The van der Waals surface area contributed by atoms with Crippen molar-refractivity contribution in [1.82, 2.24) is 4.98 Å². The lowest BCUT2D eigenvalue weighted by Gasteiger charge is -2.08. The van der Waals surface area contributed by atoms with Crippen LogP contribution in [0.1, 0.15) is 31.0 Å². The maximum absolute atomic E-state index is 5.79. The number of nitrogen functional groups attached to an aromatic ring is 1. The van der Waals surface area contributed by atoms with Crippen LogP contribution >= 0.6 is 0 Å². The Balaban J connectivity index is 3.25. The Morgan fingerprint density at radius 2 is 2.25 bits per heavy atom. The van der Waals surface area contributed by atoms with Crippen LogP contribution in [-0.4, -0.2) is 4.98 Å². The van der Waals surface area contributed by atoms with Crippen LogP contribution in [0.2, 0.25) is 0 Å². The van der Waals surface area contributed by atoms with E-state index < -0.39 is 0 Å². The number of terminal acetylenes is 1. The summed E-state index contributed by atoms with van der Waals surface area (Å²) in [4.78, 5) is 4.17. The number of aromatic nitrogens is 1. The van der Waals surface area contributed by atoms with Crippen LogP contribution in [0, 0.1) is 12.3 Å². The van der Waals surface area contributed by atoms with E-state index in [2.05, 4.69) is 10.9 Å². The van der Waals surface area contributed by atoms with E-state index in [1.54, 1.807) is 12.3 Å². The summed E-state index contributed by atoms with van der Waals surface area (Å²) in [5.74, 6) is 2.84. The number of nitrogens with zero attached hydrogens (tertiary/aromatic N) is 1. The molecule has 0 aliphatic heterocycles. The molecule has 0 amide bonds. The standard InChI is InChI=1S/C10H12N2/c1-4-8-5-6-12-10(7(2)3)9(8)11/h1,5-7H,11H2,2-3H3. The molecular weight excluding hydrogens is 148 g/mol. The Kier molecular flexibility index (Phi) is 2.35. The average molecular weight is 160 g/mol. The molecule has 12 heavy (non-hydrogen) atoms. The summed E-state index contributed by atoms with van der Waals surface area (Å²) in [6.07, 6.45) is 6.96. The number of nitrogens with two attached hydrogens (primary N) is 1. The van der Waals surface area contributed by atoms with Gasteiger partial charge in [-0.15, -0.1) is 6.42 Å². The molecule has 0 bridgehead atoms. The highest BCUT2D eigenvalue weighted by Gasteiger charge is 2.07. The fraction of sp³-hybridized carbons (Fsp3) is 0.300. The Bertz CT molecular complexity index is 321. The zero-order valence-electron chi connectivity index (χ0n) is 7.33. The monoisotopic (exact) mass is 160 g/mol. The minimum Gasteiger partial charge on any atom is -0.396 e. The zero-order chi connectivity index (χ0) is 9.14. The largest absolute Gasteiger partial charge is 0.396 e. The molecule has 0 spiro atoms. The lowest BCUT2D eigenvalue weighted by Crippen LogP contribution is -2.01. The molecule has 1 aromatic rings. The molecule has 62 valence electrons. The lowest BCUT2D eigenvalue weighted by molar-refractivity contribution is 0.826. The van der Waals surface area contributed by atoms with Gasteiger partial charge in [-0.1, -0.05) is 19.8 Å². The number of hydrogen-bond acceptors (Lipinski definition) is 2. The van der Waals surface area contributed by atoms with Gasteiger partial charge in [-0.2, -0.15) is 0 Å². The second-order valence-corrected chi connectivity index (χ2v) is 2.96. The van der Waals surface area contributed by atoms with Crippen molar-refractivity contribution in [3.63, 3.8) is 0 Å². The molecule has 0 aliphatic rings. The van der Waals surface area contributed by atoms with Crippen molar-refractivity contribution in [2.75, 3.05) is 5.73 Å². The van der Waals surface area contributed by atoms with Crippen LogP contribution in [0.15, 0.2) is 12.3 Å². The van der Waals surface area contributed by atoms with Crippen molar-refractivity contribution in [2.45, 2.75) is 19.8 Å². The topological polar surface area (TPSA) is 38.9 Å². The van der Waals surface area contributed by atoms with E-state index >= 15 is 0 Å². The summed E-state index contributed by atoms with van der Waals surface area (Å²) in [6, 6.07) is 1.75. The third-order valence-corrected chi connectivity index (χ3v) is 1.72. The van der Waals surface area contributed by atoms with E-state index in [1.165, 1.54) is 0 Å². The van der Waals surface area contributed by atoms with Crippen LogP contribution in [0.5, 0.6) is 0 Å². The maximum Gasteiger partial charge on any atom is 0.0694 e. The van der Waals surface area contributed by atoms with Gasteiger partial charge in [0.1, 0.15) is 0 Å². The Morgan fingerprint density at radius 1 is 1.58 bits per heavy atom. The molecule has 2 heteroatoms. The fourth-order valence-corrected chi connectivity index (χ4v) is 1.08. The molecule has 0 atom stereocenters. The number of pyridine rings is 1. The van der Waals surface area contributed by atoms with Crippen LogP contribution in [0.4, 0.5) is 5.69 Å². The molecule has 1 rings (SSSR count). The van der Waals surface area contributed by atoms with Crippen LogP contribution < -0.4 is 5.73 Å². The second-order valence-electron chi connectivity index (χ2n) is 2.96. The van der Waals surface area contributed by atoms with Crippen molar-refractivity contribution in [3.8, 4) is 12.3 Å². The quantitative estimate of drug-likeness (QED) is 0.636. The van der Waals surface area contributed by atoms with Crippen molar-refractivity contribution >= 4 is 5.69 Å². The predicted octanol–water partition coefficient (Wildman–Crippen LogP) is 1.77. The minimum absolute atomic E-state index is 0.318. The lowest BCUT2D eigenvalue weighted by atomic mass is 10.1. The van der Waals surface area contributed by atoms with Gasteiger partial charge in [0.05, 0.1) is 16.9 Å². The molecule has 1 aromatic heterocycles. The Hall–Kier alpha value is -1.49. The summed E-state index contributed by atoms with van der Waals surface area (Å²) in [5, 5.41) is 0. The van der Waals surface area contributed by atoms with Gasteiger partial charge in [0, 0.05) is 6.20 Å². The summed E-state index contributed by atoms with van der Waals surface area (Å²) in [7, 11) is 0. The first-order valence-electron chi connectivity index (χ1n) is 3.87. The molecule has 0 aliphatic carbocycles. The highest BCUT2D eigenvalue weighted by Crippen LogP contribution is 2.21. The Morgan fingerprint density at radius 3 is 2.75 bits per heavy atom. The summed E-state index contributed by atoms with van der Waals surface area (Å²) in [6.45, 7) is 4.08. The molecular formula is C10H12N2. The normalized spacial score (nSPS) is 9.83. The van der Waals surface area contributed by atoms with Gasteiger partial charge in [-0.05, 0) is 12.0 Å². The summed E-state index contributed by atoms with van der Waals surface area (Å²) < 4.78 is 0. The van der Waals surface area contributed by atoms with Gasteiger partial charge in [-0.3, -0.25) is 4.98 Å². The fourth-order valence-electron chi connectivity index (χ4n) is 1.08. The van der Waals surface area contributed by atoms with Gasteiger partial charge >= 0.3 is 0 Å². The van der Waals surface area contributed by atoms with Gasteiger partial charge in [0.15, 0.2) is 0 Å². The first-order chi connectivity index (χ1) is 5.66. The van der Waals surface area contributed by atoms with Gasteiger partial charge in [-0.25, -0.2) is 0 Å². The third-order valence-electron chi connectivity index (χ3n) is 1.72. The molecule has 2 N–H and O–H groups in total. The third kappa shape index (κ3) is 1.40. The van der Waals surface area contributed by atoms with Crippen molar-refractivity contribution in [2.24, 2.45) is 0 Å². The van der Waals surface area contributed by atoms with Crippen molar-refractivity contribution < 1.29 is 0 Å². The van der Waals surface area contributed by atoms with Crippen LogP contribution in [0.25, 0.3) is 0 Å². The Labute approximate surface area is 72.8 Å². The molecule has 2 nitrogen and oxygen atoms in total. The van der Waals surface area contributed by atoms with E-state index in [9.17, 15) is 0 Å². The highest BCUT2D eigenvalue weighted by molar-refractivity contribution is 5.58. The van der Waals surface area contributed by atoms with Gasteiger partial charge in [0.2, 0.25) is 0 Å². The second kappa shape index (κ2) is 3.27. The van der Waals surface area contributed by atoms with Crippen LogP contribution in [-0.2, 0) is 0 Å². The first-order valence-corrected chi connectivity index (χ1v) is 3.87. The smallest absolute Gasteiger partial charge is 0.0694 e. The predicted molar refractivity (Wildman–Crippen MR) is 50.7 cm³/mol. The van der Waals surface area contributed by atoms with E-state index in [1.807, 2.05) is 13.8 Å². The maximum atomic E-state index is 5.79. The number of hydrogen-bond donors (Lipinski definition) is 1. The van der Waals surface area contributed by atoms with Crippen molar-refractivity contribution in [1.29, 1.82) is 0 Å². The molecule has 0 unspecified atom stereocenters. The average Bonchev–Trinajstić information content (AvgIpc) is 2.04. The minimum atomic E-state index is 0.318. The first kappa shape index (κ1) is 8.61.